The first kappa shape index (κ1) is 14.7. The van der Waals surface area contributed by atoms with Gasteiger partial charge >= 0.3 is 0 Å². The van der Waals surface area contributed by atoms with E-state index in [9.17, 15) is 4.79 Å². The largest absolute Gasteiger partial charge is 0.497 e. The van der Waals surface area contributed by atoms with Gasteiger partial charge < -0.3 is 9.47 Å². The molecule has 1 unspecified atom stereocenters. The van der Waals surface area contributed by atoms with Crippen molar-refractivity contribution >= 4 is 5.78 Å². The second-order valence-electron chi connectivity index (χ2n) is 4.90. The molecule has 3 nitrogen and oxygen atoms in total. The van der Waals surface area contributed by atoms with E-state index in [1.54, 1.807) is 31.4 Å². The minimum Gasteiger partial charge on any atom is -0.497 e. The Bertz CT molecular complexity index is 368. The predicted molar refractivity (Wildman–Crippen MR) is 72.2 cm³/mol. The number of carbonyl (C=O) groups excluding carboxylic acids is 1. The molecule has 0 aliphatic heterocycles. The first-order valence-electron chi connectivity index (χ1n) is 6.31. The van der Waals surface area contributed by atoms with E-state index < -0.39 is 0 Å². The molecule has 18 heavy (non-hydrogen) atoms. The fraction of sp³-hybridized carbons (Fsp3) is 0.533. The molecule has 0 radical (unpaired) electrons. The van der Waals surface area contributed by atoms with Crippen LogP contribution >= 0.6 is 0 Å². The number of carbonyl (C=O) groups is 1. The Morgan fingerprint density at radius 1 is 1.17 bits per heavy atom. The van der Waals surface area contributed by atoms with Gasteiger partial charge in [0.05, 0.1) is 13.2 Å². The molecule has 100 valence electrons. The van der Waals surface area contributed by atoms with E-state index in [0.717, 1.165) is 12.2 Å². The minimum atomic E-state index is 0.00765. The first-order chi connectivity index (χ1) is 8.52. The van der Waals surface area contributed by atoms with Crippen LogP contribution in [0.3, 0.4) is 0 Å². The number of rotatable bonds is 7. The fourth-order valence-corrected chi connectivity index (χ4v) is 1.81. The number of hydrogen-bond donors (Lipinski definition) is 0. The lowest BCUT2D eigenvalue weighted by Gasteiger charge is -2.14. The zero-order valence-electron chi connectivity index (χ0n) is 11.6. The zero-order valence-corrected chi connectivity index (χ0v) is 11.6. The minimum absolute atomic E-state index is 0.00765. The molecule has 0 heterocycles. The summed E-state index contributed by atoms with van der Waals surface area (Å²) >= 11 is 0. The molecule has 0 N–H and O–H groups in total. The van der Waals surface area contributed by atoms with Crippen molar-refractivity contribution in [2.45, 2.75) is 33.3 Å². The molecule has 1 atom stereocenters. The van der Waals surface area contributed by atoms with Crippen molar-refractivity contribution in [2.75, 3.05) is 13.7 Å². The maximum absolute atomic E-state index is 11.9. The third-order valence-corrected chi connectivity index (χ3v) is 2.71. The summed E-state index contributed by atoms with van der Waals surface area (Å²) in [5.41, 5.74) is 0.660. The molecule has 0 amide bonds. The Morgan fingerprint density at radius 3 is 2.28 bits per heavy atom. The molecule has 1 rings (SSSR count). The van der Waals surface area contributed by atoms with E-state index in [0.29, 0.717) is 11.5 Å². The van der Waals surface area contributed by atoms with Gasteiger partial charge in [0.1, 0.15) is 12.4 Å². The summed E-state index contributed by atoms with van der Waals surface area (Å²) in [4.78, 5) is 11.9. The highest BCUT2D eigenvalue weighted by atomic mass is 16.5. The third kappa shape index (κ3) is 4.88. The van der Waals surface area contributed by atoms with Crippen molar-refractivity contribution in [1.82, 2.24) is 0 Å². The van der Waals surface area contributed by atoms with Gasteiger partial charge in [-0.15, -0.1) is 0 Å². The normalized spacial score (nSPS) is 12.5. The van der Waals surface area contributed by atoms with Crippen molar-refractivity contribution in [1.29, 1.82) is 0 Å². The molecule has 1 aromatic carbocycles. The number of benzene rings is 1. The van der Waals surface area contributed by atoms with E-state index in [1.165, 1.54) is 0 Å². The molecule has 3 heteroatoms. The predicted octanol–water partition coefficient (Wildman–Crippen LogP) is 3.33. The van der Waals surface area contributed by atoms with Gasteiger partial charge in [0, 0.05) is 5.56 Å². The molecular formula is C15H22O3. The van der Waals surface area contributed by atoms with Crippen LogP contribution in [0.2, 0.25) is 0 Å². The van der Waals surface area contributed by atoms with Crippen molar-refractivity contribution in [3.8, 4) is 5.75 Å². The monoisotopic (exact) mass is 250 g/mol. The number of ether oxygens (including phenoxy) is 2. The summed E-state index contributed by atoms with van der Waals surface area (Å²) in [6.45, 7) is 6.43. The van der Waals surface area contributed by atoms with Gasteiger partial charge in [-0.1, -0.05) is 13.8 Å². The number of Topliss-reactive ketones (excluding diaryl/α,β-unsaturated/α-hetero) is 1. The Morgan fingerprint density at radius 2 is 1.78 bits per heavy atom. The lowest BCUT2D eigenvalue weighted by Crippen LogP contribution is -2.17. The fourth-order valence-electron chi connectivity index (χ4n) is 1.81. The Kier molecular flexibility index (Phi) is 5.86. The van der Waals surface area contributed by atoms with E-state index in [2.05, 4.69) is 13.8 Å². The van der Waals surface area contributed by atoms with Crippen molar-refractivity contribution < 1.29 is 14.3 Å². The first-order valence-corrected chi connectivity index (χ1v) is 6.31. The van der Waals surface area contributed by atoms with Crippen LogP contribution < -0.4 is 4.74 Å². The molecule has 0 bridgehead atoms. The summed E-state index contributed by atoms with van der Waals surface area (Å²) in [7, 11) is 1.60. The summed E-state index contributed by atoms with van der Waals surface area (Å²) in [5.74, 6) is 1.34. The summed E-state index contributed by atoms with van der Waals surface area (Å²) in [6.07, 6.45) is 1.09. The van der Waals surface area contributed by atoms with E-state index in [1.807, 2.05) is 6.92 Å². The van der Waals surface area contributed by atoms with E-state index >= 15 is 0 Å². The highest BCUT2D eigenvalue weighted by Gasteiger charge is 2.10. The molecule has 0 spiro atoms. The van der Waals surface area contributed by atoms with Crippen LogP contribution in [-0.2, 0) is 4.74 Å². The van der Waals surface area contributed by atoms with Crippen LogP contribution in [0, 0.1) is 5.92 Å². The Hall–Kier alpha value is -1.35. The van der Waals surface area contributed by atoms with Gasteiger partial charge in [0.25, 0.3) is 0 Å². The van der Waals surface area contributed by atoms with Gasteiger partial charge in [-0.3, -0.25) is 4.79 Å². The Labute approximate surface area is 109 Å². The van der Waals surface area contributed by atoms with Gasteiger partial charge in [-0.25, -0.2) is 0 Å². The van der Waals surface area contributed by atoms with Crippen LogP contribution in [0.15, 0.2) is 24.3 Å². The van der Waals surface area contributed by atoms with Crippen molar-refractivity contribution in [3.63, 3.8) is 0 Å². The Balaban J connectivity index is 2.44. The SMILES string of the molecule is COc1ccc(C(=O)COC(C)CC(C)C)cc1. The third-order valence-electron chi connectivity index (χ3n) is 2.71. The second kappa shape index (κ2) is 7.17. The van der Waals surface area contributed by atoms with Crippen molar-refractivity contribution in [2.24, 2.45) is 5.92 Å². The van der Waals surface area contributed by atoms with E-state index in [-0.39, 0.29) is 18.5 Å². The highest BCUT2D eigenvalue weighted by molar-refractivity contribution is 5.97. The summed E-state index contributed by atoms with van der Waals surface area (Å²) in [5, 5.41) is 0. The number of methoxy groups -OCH3 is 1. The van der Waals surface area contributed by atoms with Gasteiger partial charge in [-0.2, -0.15) is 0 Å². The van der Waals surface area contributed by atoms with Crippen LogP contribution in [0.5, 0.6) is 5.75 Å². The average molecular weight is 250 g/mol. The summed E-state index contributed by atoms with van der Waals surface area (Å²) < 4.78 is 10.6. The van der Waals surface area contributed by atoms with Crippen molar-refractivity contribution in [3.05, 3.63) is 29.8 Å². The molecule has 0 saturated carbocycles. The van der Waals surface area contributed by atoms with Crippen LogP contribution in [0.4, 0.5) is 0 Å². The maximum atomic E-state index is 11.9. The summed E-state index contributed by atoms with van der Waals surface area (Å²) in [6, 6.07) is 7.09. The quantitative estimate of drug-likeness (QED) is 0.696. The van der Waals surface area contributed by atoms with Crippen LogP contribution in [-0.4, -0.2) is 25.6 Å². The lowest BCUT2D eigenvalue weighted by molar-refractivity contribution is 0.0445. The molecule has 0 saturated heterocycles. The van der Waals surface area contributed by atoms with Gasteiger partial charge in [0.2, 0.25) is 0 Å². The molecule has 0 aliphatic carbocycles. The van der Waals surface area contributed by atoms with E-state index in [4.69, 9.17) is 9.47 Å². The zero-order chi connectivity index (χ0) is 13.5. The molecular weight excluding hydrogens is 228 g/mol. The standard InChI is InChI=1S/C15H22O3/c1-11(2)9-12(3)18-10-15(16)13-5-7-14(17-4)8-6-13/h5-8,11-12H,9-10H2,1-4H3. The molecule has 0 aliphatic rings. The lowest BCUT2D eigenvalue weighted by atomic mass is 10.1. The smallest absolute Gasteiger partial charge is 0.188 e. The topological polar surface area (TPSA) is 35.5 Å². The number of hydrogen-bond acceptors (Lipinski definition) is 3. The number of ketones is 1. The average Bonchev–Trinajstić information content (AvgIpc) is 2.35. The van der Waals surface area contributed by atoms with Gasteiger partial charge in [-0.05, 0) is 43.5 Å². The second-order valence-corrected chi connectivity index (χ2v) is 4.90. The van der Waals surface area contributed by atoms with Crippen LogP contribution in [0.1, 0.15) is 37.6 Å². The maximum Gasteiger partial charge on any atom is 0.188 e. The molecule has 0 aromatic heterocycles. The molecule has 0 fully saturated rings. The highest BCUT2D eigenvalue weighted by Crippen LogP contribution is 2.13. The van der Waals surface area contributed by atoms with Crippen LogP contribution in [0.25, 0.3) is 0 Å². The molecule has 1 aromatic rings. The van der Waals surface area contributed by atoms with Gasteiger partial charge in [0.15, 0.2) is 5.78 Å².